The van der Waals surface area contributed by atoms with E-state index in [4.69, 9.17) is 9.05 Å². The van der Waals surface area contributed by atoms with Crippen molar-refractivity contribution in [1.29, 1.82) is 0 Å². The van der Waals surface area contributed by atoms with Gasteiger partial charge in [0.1, 0.15) is 5.75 Å². The van der Waals surface area contributed by atoms with Crippen LogP contribution in [-0.2, 0) is 9.09 Å². The lowest BCUT2D eigenvalue weighted by molar-refractivity contribution is 0.233. The third-order valence-electron chi connectivity index (χ3n) is 2.72. The van der Waals surface area contributed by atoms with E-state index in [9.17, 15) is 4.57 Å². The second-order valence-corrected chi connectivity index (χ2v) is 7.34. The molecule has 4 heteroatoms. The van der Waals surface area contributed by atoms with Gasteiger partial charge in [0.2, 0.25) is 0 Å². The lowest BCUT2D eigenvalue weighted by Gasteiger charge is -2.21. The molecule has 0 bridgehead atoms. The number of para-hydroxylation sites is 1. The van der Waals surface area contributed by atoms with E-state index in [0.717, 1.165) is 18.4 Å². The summed E-state index contributed by atoms with van der Waals surface area (Å²) in [6, 6.07) is 7.61. The van der Waals surface area contributed by atoms with Gasteiger partial charge in [-0.15, -0.1) is 0 Å². The van der Waals surface area contributed by atoms with Crippen molar-refractivity contribution in [3.63, 3.8) is 0 Å². The number of hydrogen-bond donors (Lipinski definition) is 0. The molecule has 0 aliphatic carbocycles. The average molecular weight is 284 g/mol. The first kappa shape index (κ1) is 16.3. The van der Waals surface area contributed by atoms with E-state index in [2.05, 4.69) is 6.92 Å². The number of benzene rings is 1. The summed E-state index contributed by atoms with van der Waals surface area (Å²) in [6.07, 6.45) is 2.30. The Kier molecular flexibility index (Phi) is 6.60. The summed E-state index contributed by atoms with van der Waals surface area (Å²) in [5, 5.41) is 0. The summed E-state index contributed by atoms with van der Waals surface area (Å²) < 4.78 is 24.1. The fraction of sp³-hybridized carbons (Fsp3) is 0.600. The molecule has 0 heterocycles. The maximum atomic E-state index is 12.8. The van der Waals surface area contributed by atoms with Gasteiger partial charge in [-0.05, 0) is 30.9 Å². The third-order valence-corrected chi connectivity index (χ3v) is 4.60. The molecule has 0 aliphatic rings. The van der Waals surface area contributed by atoms with E-state index in [0.29, 0.717) is 24.4 Å². The molecule has 3 nitrogen and oxygen atoms in total. The van der Waals surface area contributed by atoms with Crippen molar-refractivity contribution in [3.05, 3.63) is 29.8 Å². The molecule has 0 amide bonds. The van der Waals surface area contributed by atoms with Crippen molar-refractivity contribution in [2.75, 3.05) is 12.8 Å². The average Bonchev–Trinajstić information content (AvgIpc) is 2.37. The van der Waals surface area contributed by atoms with Crippen LogP contribution in [0.5, 0.6) is 5.75 Å². The third kappa shape index (κ3) is 5.80. The zero-order valence-corrected chi connectivity index (χ0v) is 13.3. The van der Waals surface area contributed by atoms with Gasteiger partial charge in [-0.1, -0.05) is 45.4 Å². The highest BCUT2D eigenvalue weighted by Gasteiger charge is 2.26. The molecule has 1 unspecified atom stereocenters. The van der Waals surface area contributed by atoms with Crippen molar-refractivity contribution in [2.24, 2.45) is 5.92 Å². The second-order valence-electron chi connectivity index (χ2n) is 5.23. The molecule has 1 atom stereocenters. The molecular weight excluding hydrogens is 259 g/mol. The first-order chi connectivity index (χ1) is 8.97. The van der Waals surface area contributed by atoms with Crippen molar-refractivity contribution in [3.8, 4) is 5.75 Å². The molecule has 1 aromatic carbocycles. The van der Waals surface area contributed by atoms with E-state index in [1.807, 2.05) is 45.0 Å². The predicted molar refractivity (Wildman–Crippen MR) is 80.0 cm³/mol. The molecule has 0 spiro atoms. The molecule has 0 saturated heterocycles. The lowest BCUT2D eigenvalue weighted by Crippen LogP contribution is -2.07. The van der Waals surface area contributed by atoms with Crippen LogP contribution in [0.3, 0.4) is 0 Å². The Morgan fingerprint density at radius 1 is 1.26 bits per heavy atom. The van der Waals surface area contributed by atoms with E-state index in [1.54, 1.807) is 0 Å². The van der Waals surface area contributed by atoms with Gasteiger partial charge < -0.3 is 4.52 Å². The van der Waals surface area contributed by atoms with Crippen LogP contribution in [-0.4, -0.2) is 12.8 Å². The van der Waals surface area contributed by atoms with Crippen molar-refractivity contribution >= 4 is 7.60 Å². The van der Waals surface area contributed by atoms with Crippen LogP contribution >= 0.6 is 7.60 Å². The minimum absolute atomic E-state index is 0.343. The quantitative estimate of drug-likeness (QED) is 0.627. The molecular formula is C15H25O3P. The van der Waals surface area contributed by atoms with Crippen molar-refractivity contribution < 1.29 is 13.6 Å². The Balaban J connectivity index is 2.79. The van der Waals surface area contributed by atoms with Gasteiger partial charge in [-0.3, -0.25) is 4.52 Å². The summed E-state index contributed by atoms with van der Waals surface area (Å²) in [4.78, 5) is 0. The molecule has 0 aromatic heterocycles. The maximum absolute atomic E-state index is 12.8. The molecule has 1 rings (SSSR count). The smallest absolute Gasteiger partial charge is 0.379 e. The summed E-state index contributed by atoms with van der Waals surface area (Å²) in [5.41, 5.74) is 0.979. The summed E-state index contributed by atoms with van der Waals surface area (Å²) in [6.45, 7) is 8.56. The van der Waals surface area contributed by atoms with Gasteiger partial charge in [0.05, 0.1) is 12.8 Å². The van der Waals surface area contributed by atoms with Crippen LogP contribution in [0.15, 0.2) is 24.3 Å². The number of unbranched alkanes of at least 4 members (excludes halogenated alkanes) is 1. The van der Waals surface area contributed by atoms with Crippen LogP contribution in [0.25, 0.3) is 0 Å². The largest absolute Gasteiger partial charge is 0.424 e. The van der Waals surface area contributed by atoms with Gasteiger partial charge in [0.25, 0.3) is 0 Å². The highest BCUT2D eigenvalue weighted by molar-refractivity contribution is 7.54. The van der Waals surface area contributed by atoms with Gasteiger partial charge in [-0.2, -0.15) is 0 Å². The minimum Gasteiger partial charge on any atom is -0.424 e. The first-order valence-electron chi connectivity index (χ1n) is 6.95. The maximum Gasteiger partial charge on any atom is 0.379 e. The van der Waals surface area contributed by atoms with E-state index in [1.165, 1.54) is 0 Å². The van der Waals surface area contributed by atoms with Crippen LogP contribution in [0, 0.1) is 12.8 Å². The SMILES string of the molecule is CCCCP(=O)(OCC(C)C)Oc1ccccc1C. The number of hydrogen-bond acceptors (Lipinski definition) is 3. The number of aryl methyl sites for hydroxylation is 1. The van der Waals surface area contributed by atoms with E-state index >= 15 is 0 Å². The Hall–Kier alpha value is -0.790. The first-order valence-corrected chi connectivity index (χ1v) is 8.68. The van der Waals surface area contributed by atoms with Crippen molar-refractivity contribution in [1.82, 2.24) is 0 Å². The molecule has 0 fully saturated rings. The molecule has 0 radical (unpaired) electrons. The zero-order valence-electron chi connectivity index (χ0n) is 12.4. The van der Waals surface area contributed by atoms with Crippen LogP contribution < -0.4 is 4.52 Å². The van der Waals surface area contributed by atoms with E-state index in [-0.39, 0.29) is 0 Å². The normalized spacial score (nSPS) is 14.4. The highest BCUT2D eigenvalue weighted by Crippen LogP contribution is 2.50. The minimum atomic E-state index is -3.04. The predicted octanol–water partition coefficient (Wildman–Crippen LogP) is 5.04. The Bertz CT molecular complexity index is 429. The van der Waals surface area contributed by atoms with Crippen LogP contribution in [0.4, 0.5) is 0 Å². The fourth-order valence-corrected chi connectivity index (χ4v) is 3.57. The molecule has 19 heavy (non-hydrogen) atoms. The molecule has 0 aliphatic heterocycles. The summed E-state index contributed by atoms with van der Waals surface area (Å²) in [5.74, 6) is 1.00. The van der Waals surface area contributed by atoms with Gasteiger partial charge >= 0.3 is 7.60 Å². The highest BCUT2D eigenvalue weighted by atomic mass is 31.2. The van der Waals surface area contributed by atoms with Crippen LogP contribution in [0.1, 0.15) is 39.2 Å². The Labute approximate surface area is 116 Å². The monoisotopic (exact) mass is 284 g/mol. The topological polar surface area (TPSA) is 35.5 Å². The van der Waals surface area contributed by atoms with Gasteiger partial charge in [0.15, 0.2) is 0 Å². The number of rotatable bonds is 8. The van der Waals surface area contributed by atoms with Crippen molar-refractivity contribution in [2.45, 2.75) is 40.5 Å². The standard InChI is InChI=1S/C15H25O3P/c1-5-6-11-19(16,17-12-13(2)3)18-15-10-8-7-9-14(15)4/h7-10,13H,5-6,11-12H2,1-4H3. The molecule has 108 valence electrons. The lowest BCUT2D eigenvalue weighted by atomic mass is 10.2. The van der Waals surface area contributed by atoms with Gasteiger partial charge in [0, 0.05) is 0 Å². The summed E-state index contributed by atoms with van der Waals surface area (Å²) >= 11 is 0. The molecule has 0 saturated carbocycles. The Morgan fingerprint density at radius 3 is 2.53 bits per heavy atom. The van der Waals surface area contributed by atoms with Gasteiger partial charge in [-0.25, -0.2) is 4.57 Å². The van der Waals surface area contributed by atoms with Crippen LogP contribution in [0.2, 0.25) is 0 Å². The Morgan fingerprint density at radius 2 is 1.95 bits per heavy atom. The fourth-order valence-electron chi connectivity index (χ4n) is 1.56. The summed E-state index contributed by atoms with van der Waals surface area (Å²) in [7, 11) is -3.04. The molecule has 0 N–H and O–H groups in total. The van der Waals surface area contributed by atoms with E-state index < -0.39 is 7.60 Å². The zero-order chi connectivity index (χ0) is 14.3. The molecule has 1 aromatic rings. The second kappa shape index (κ2) is 7.72.